The largest absolute Gasteiger partial charge is 0.340 e. The first-order valence-corrected chi connectivity index (χ1v) is 11.9. The second-order valence-electron chi connectivity index (χ2n) is 9.10. The van der Waals surface area contributed by atoms with Crippen molar-refractivity contribution in [2.24, 2.45) is 5.92 Å². The Labute approximate surface area is 207 Å². The van der Waals surface area contributed by atoms with Crippen LogP contribution >= 0.6 is 0 Å². The molecule has 0 fully saturated rings. The summed E-state index contributed by atoms with van der Waals surface area (Å²) in [5.74, 6) is 0.550. The van der Waals surface area contributed by atoms with Crippen molar-refractivity contribution >= 4 is 28.2 Å². The first-order chi connectivity index (χ1) is 17.6. The van der Waals surface area contributed by atoms with Gasteiger partial charge in [0.25, 0.3) is 0 Å². The van der Waals surface area contributed by atoms with Crippen molar-refractivity contribution in [2.45, 2.75) is 26.7 Å². The summed E-state index contributed by atoms with van der Waals surface area (Å²) in [6, 6.07) is 7.92. The predicted molar refractivity (Wildman–Crippen MR) is 138 cm³/mol. The quantitative estimate of drug-likeness (QED) is 0.335. The molecule has 0 saturated carbocycles. The standard InChI is InChI=1S/C27H24N8O/c1-15(2)27(36)31-19-10-17(12-29-14-19)18-11-21-24(34-35-25(21)30-13-18)26-32-22-5-3-4-20(23(22)33-26)16-6-8-28-9-7-16/h4,6-15H,3,5H2,1-2H3,(H,31,36)(H,32,33)(H,30,34,35). The van der Waals surface area contributed by atoms with E-state index >= 15 is 0 Å². The van der Waals surface area contributed by atoms with E-state index in [2.05, 4.69) is 41.5 Å². The molecule has 0 radical (unpaired) electrons. The molecule has 0 aromatic carbocycles. The average molecular weight is 477 g/mol. The van der Waals surface area contributed by atoms with Gasteiger partial charge < -0.3 is 10.3 Å². The van der Waals surface area contributed by atoms with E-state index in [1.54, 1.807) is 31.0 Å². The summed E-state index contributed by atoms with van der Waals surface area (Å²) < 4.78 is 0. The zero-order valence-electron chi connectivity index (χ0n) is 19.9. The number of aromatic amines is 2. The average Bonchev–Trinajstić information content (AvgIpc) is 3.53. The van der Waals surface area contributed by atoms with E-state index < -0.39 is 0 Å². The molecule has 1 amide bonds. The van der Waals surface area contributed by atoms with Crippen LogP contribution in [-0.4, -0.2) is 41.0 Å². The van der Waals surface area contributed by atoms with Gasteiger partial charge in [0.1, 0.15) is 5.69 Å². The molecule has 0 atom stereocenters. The van der Waals surface area contributed by atoms with E-state index in [0.717, 1.165) is 63.4 Å². The van der Waals surface area contributed by atoms with E-state index in [1.807, 2.05) is 38.1 Å². The van der Waals surface area contributed by atoms with Gasteiger partial charge in [-0.1, -0.05) is 19.9 Å². The molecule has 1 aliphatic rings. The minimum absolute atomic E-state index is 0.0541. The first kappa shape index (κ1) is 21.8. The number of carbonyl (C=O) groups is 1. The van der Waals surface area contributed by atoms with Crippen molar-refractivity contribution in [1.82, 2.24) is 35.1 Å². The maximum Gasteiger partial charge on any atom is 0.226 e. The Bertz CT molecular complexity index is 1610. The fourth-order valence-electron chi connectivity index (χ4n) is 4.37. The van der Waals surface area contributed by atoms with Gasteiger partial charge >= 0.3 is 0 Å². The molecule has 9 heteroatoms. The topological polar surface area (TPSA) is 125 Å². The van der Waals surface area contributed by atoms with Crippen LogP contribution in [0.2, 0.25) is 0 Å². The van der Waals surface area contributed by atoms with Gasteiger partial charge in [-0.15, -0.1) is 0 Å². The van der Waals surface area contributed by atoms with Gasteiger partial charge in [-0.05, 0) is 42.7 Å². The van der Waals surface area contributed by atoms with E-state index in [0.29, 0.717) is 11.3 Å². The number of anilines is 1. The predicted octanol–water partition coefficient (Wildman–Crippen LogP) is 4.78. The van der Waals surface area contributed by atoms with Crippen LogP contribution in [0.3, 0.4) is 0 Å². The van der Waals surface area contributed by atoms with Crippen LogP contribution in [0.4, 0.5) is 5.69 Å². The number of aryl methyl sites for hydroxylation is 1. The van der Waals surface area contributed by atoms with Gasteiger partial charge in [0.05, 0.1) is 23.0 Å². The number of pyridine rings is 3. The van der Waals surface area contributed by atoms with Gasteiger partial charge in [0, 0.05) is 53.1 Å². The third-order valence-electron chi connectivity index (χ3n) is 6.28. The molecule has 3 N–H and O–H groups in total. The number of hydrogen-bond acceptors (Lipinski definition) is 6. The lowest BCUT2D eigenvalue weighted by Gasteiger charge is -2.12. The maximum absolute atomic E-state index is 12.1. The van der Waals surface area contributed by atoms with E-state index in [1.165, 1.54) is 0 Å². The van der Waals surface area contributed by atoms with Gasteiger partial charge in [0.15, 0.2) is 11.5 Å². The van der Waals surface area contributed by atoms with Gasteiger partial charge in [-0.25, -0.2) is 9.97 Å². The second-order valence-corrected chi connectivity index (χ2v) is 9.10. The lowest BCUT2D eigenvalue weighted by atomic mass is 9.95. The van der Waals surface area contributed by atoms with Crippen LogP contribution in [0.5, 0.6) is 0 Å². The molecule has 5 heterocycles. The smallest absolute Gasteiger partial charge is 0.226 e. The number of hydrogen-bond donors (Lipinski definition) is 3. The van der Waals surface area contributed by atoms with Crippen molar-refractivity contribution in [2.75, 3.05) is 5.32 Å². The molecular weight excluding hydrogens is 452 g/mol. The molecule has 36 heavy (non-hydrogen) atoms. The third-order valence-corrected chi connectivity index (χ3v) is 6.28. The van der Waals surface area contributed by atoms with Crippen LogP contribution in [0, 0.1) is 5.92 Å². The van der Waals surface area contributed by atoms with Crippen molar-refractivity contribution in [3.05, 3.63) is 78.3 Å². The number of amides is 1. The maximum atomic E-state index is 12.1. The minimum atomic E-state index is -0.117. The molecular formula is C27H24N8O. The monoisotopic (exact) mass is 476 g/mol. The Hall–Kier alpha value is -4.66. The van der Waals surface area contributed by atoms with E-state index in [9.17, 15) is 4.79 Å². The van der Waals surface area contributed by atoms with Crippen molar-refractivity contribution in [1.29, 1.82) is 0 Å². The van der Waals surface area contributed by atoms with Crippen molar-refractivity contribution in [3.63, 3.8) is 0 Å². The zero-order chi connectivity index (χ0) is 24.6. The molecule has 1 aliphatic carbocycles. The summed E-state index contributed by atoms with van der Waals surface area (Å²) >= 11 is 0. The van der Waals surface area contributed by atoms with E-state index in [-0.39, 0.29) is 11.8 Å². The fraction of sp³-hybridized carbons (Fsp3) is 0.185. The number of aromatic nitrogens is 7. The molecule has 0 spiro atoms. The van der Waals surface area contributed by atoms with E-state index in [4.69, 9.17) is 4.98 Å². The number of nitrogens with zero attached hydrogens (tertiary/aromatic N) is 5. The van der Waals surface area contributed by atoms with Crippen LogP contribution in [0.25, 0.3) is 39.3 Å². The molecule has 5 aromatic rings. The Morgan fingerprint density at radius 1 is 1.03 bits per heavy atom. The third kappa shape index (κ3) is 3.94. The van der Waals surface area contributed by atoms with Crippen LogP contribution in [0.15, 0.2) is 61.3 Å². The number of rotatable bonds is 5. The molecule has 5 aromatic heterocycles. The Morgan fingerprint density at radius 2 is 1.86 bits per heavy atom. The number of H-pyrrole nitrogens is 2. The zero-order valence-corrected chi connectivity index (χ0v) is 19.9. The Balaban J connectivity index is 1.37. The molecule has 0 unspecified atom stereocenters. The molecule has 9 nitrogen and oxygen atoms in total. The molecule has 178 valence electrons. The lowest BCUT2D eigenvalue weighted by Crippen LogP contribution is -2.17. The van der Waals surface area contributed by atoms with Crippen LogP contribution in [0.1, 0.15) is 37.2 Å². The number of nitrogens with one attached hydrogen (secondary N) is 3. The summed E-state index contributed by atoms with van der Waals surface area (Å²) in [6.07, 6.45) is 12.8. The molecule has 0 saturated heterocycles. The highest BCUT2D eigenvalue weighted by Crippen LogP contribution is 2.34. The normalized spacial score (nSPS) is 13.0. The number of imidazole rings is 1. The molecule has 0 aliphatic heterocycles. The summed E-state index contributed by atoms with van der Waals surface area (Å²) in [5.41, 5.74) is 8.00. The van der Waals surface area contributed by atoms with Crippen LogP contribution in [-0.2, 0) is 11.2 Å². The SMILES string of the molecule is CC(C)C(=O)Nc1cncc(-c2cnc3n[nH]c(-c4nc5c([nH]4)CCC=C5c4ccncc4)c3c2)c1. The Morgan fingerprint density at radius 3 is 2.69 bits per heavy atom. The van der Waals surface area contributed by atoms with Crippen LogP contribution < -0.4 is 5.32 Å². The number of fused-ring (bicyclic) bond motifs is 2. The van der Waals surface area contributed by atoms with Gasteiger partial charge in [0.2, 0.25) is 5.91 Å². The fourth-order valence-corrected chi connectivity index (χ4v) is 4.37. The summed E-state index contributed by atoms with van der Waals surface area (Å²) in [6.45, 7) is 3.71. The van der Waals surface area contributed by atoms with Crippen molar-refractivity contribution in [3.8, 4) is 22.6 Å². The highest BCUT2D eigenvalue weighted by molar-refractivity contribution is 5.94. The van der Waals surface area contributed by atoms with Crippen molar-refractivity contribution < 1.29 is 4.79 Å². The summed E-state index contributed by atoms with van der Waals surface area (Å²) in [5, 5.41) is 11.3. The summed E-state index contributed by atoms with van der Waals surface area (Å²) in [4.78, 5) is 33.6. The molecule has 6 rings (SSSR count). The Kier molecular flexibility index (Phi) is 5.37. The number of carbonyl (C=O) groups excluding carboxylic acids is 1. The highest BCUT2D eigenvalue weighted by atomic mass is 16.1. The summed E-state index contributed by atoms with van der Waals surface area (Å²) in [7, 11) is 0. The van der Waals surface area contributed by atoms with Gasteiger partial charge in [-0.3, -0.25) is 19.9 Å². The number of allylic oxidation sites excluding steroid dienone is 1. The highest BCUT2D eigenvalue weighted by Gasteiger charge is 2.22. The lowest BCUT2D eigenvalue weighted by molar-refractivity contribution is -0.118. The van der Waals surface area contributed by atoms with Gasteiger partial charge in [-0.2, -0.15) is 5.10 Å². The second kappa shape index (κ2) is 8.84. The first-order valence-electron chi connectivity index (χ1n) is 11.9. The minimum Gasteiger partial charge on any atom is -0.340 e. The molecule has 0 bridgehead atoms.